The lowest BCUT2D eigenvalue weighted by atomic mass is 10.1. The van der Waals surface area contributed by atoms with Gasteiger partial charge in [0, 0.05) is 18.2 Å². The van der Waals surface area contributed by atoms with E-state index in [4.69, 9.17) is 0 Å². The van der Waals surface area contributed by atoms with Gasteiger partial charge < -0.3 is 15.3 Å². The minimum Gasteiger partial charge on any atom is -0.507 e. The van der Waals surface area contributed by atoms with E-state index in [-0.39, 0.29) is 5.75 Å². The SMILES string of the molecule is Cc1ccc(-c2cc(C)c(N[C@@H]3CCCN(C)C3)nn2)c(O)c1. The summed E-state index contributed by atoms with van der Waals surface area (Å²) in [7, 11) is 2.15. The van der Waals surface area contributed by atoms with Crippen LogP contribution in [0.2, 0.25) is 0 Å². The van der Waals surface area contributed by atoms with Gasteiger partial charge >= 0.3 is 0 Å². The molecule has 2 N–H and O–H groups in total. The number of hydrogen-bond acceptors (Lipinski definition) is 5. The molecular formula is C18H24N4O. The van der Waals surface area contributed by atoms with Gasteiger partial charge in [-0.05, 0) is 69.6 Å². The molecule has 1 atom stereocenters. The Morgan fingerprint density at radius 1 is 1.22 bits per heavy atom. The number of likely N-dealkylation sites (tertiary alicyclic amines) is 1. The van der Waals surface area contributed by atoms with Crippen molar-refractivity contribution in [3.05, 3.63) is 35.4 Å². The number of phenols is 1. The monoisotopic (exact) mass is 312 g/mol. The van der Waals surface area contributed by atoms with E-state index in [1.165, 1.54) is 6.42 Å². The van der Waals surface area contributed by atoms with E-state index >= 15 is 0 Å². The number of aromatic hydroxyl groups is 1. The average Bonchev–Trinajstić information content (AvgIpc) is 2.49. The molecule has 0 unspecified atom stereocenters. The number of aromatic nitrogens is 2. The Morgan fingerprint density at radius 3 is 2.74 bits per heavy atom. The summed E-state index contributed by atoms with van der Waals surface area (Å²) in [6.45, 7) is 6.17. The number of benzene rings is 1. The van der Waals surface area contributed by atoms with Crippen molar-refractivity contribution in [3.63, 3.8) is 0 Å². The van der Waals surface area contributed by atoms with Gasteiger partial charge in [0.15, 0.2) is 5.82 Å². The maximum atomic E-state index is 10.1. The van der Waals surface area contributed by atoms with E-state index in [9.17, 15) is 5.11 Å². The number of rotatable bonds is 3. The highest BCUT2D eigenvalue weighted by molar-refractivity contribution is 5.68. The second-order valence-corrected chi connectivity index (χ2v) is 6.53. The van der Waals surface area contributed by atoms with Crippen LogP contribution in [0.1, 0.15) is 24.0 Å². The van der Waals surface area contributed by atoms with Crippen molar-refractivity contribution in [1.29, 1.82) is 0 Å². The van der Waals surface area contributed by atoms with Crippen molar-refractivity contribution in [2.75, 3.05) is 25.5 Å². The molecule has 0 bridgehead atoms. The Labute approximate surface area is 137 Å². The topological polar surface area (TPSA) is 61.3 Å². The molecule has 5 nitrogen and oxygen atoms in total. The minimum absolute atomic E-state index is 0.244. The molecule has 1 aromatic carbocycles. The van der Waals surface area contributed by atoms with Crippen molar-refractivity contribution in [2.45, 2.75) is 32.7 Å². The number of nitrogens with zero attached hydrogens (tertiary/aromatic N) is 3. The van der Waals surface area contributed by atoms with Crippen LogP contribution in [0, 0.1) is 13.8 Å². The highest BCUT2D eigenvalue weighted by atomic mass is 16.3. The number of piperidine rings is 1. The van der Waals surface area contributed by atoms with Crippen LogP contribution in [0.15, 0.2) is 24.3 Å². The van der Waals surface area contributed by atoms with Gasteiger partial charge in [0.2, 0.25) is 0 Å². The Balaban J connectivity index is 1.80. The summed E-state index contributed by atoms with van der Waals surface area (Å²) in [5.74, 6) is 1.08. The van der Waals surface area contributed by atoms with E-state index in [0.29, 0.717) is 11.7 Å². The molecule has 0 aliphatic carbocycles. The zero-order valence-electron chi connectivity index (χ0n) is 14.0. The first kappa shape index (κ1) is 15.7. The Kier molecular flexibility index (Phi) is 4.48. The fourth-order valence-electron chi connectivity index (χ4n) is 3.10. The van der Waals surface area contributed by atoms with Crippen LogP contribution in [-0.4, -0.2) is 46.4 Å². The van der Waals surface area contributed by atoms with Gasteiger partial charge in [-0.15, -0.1) is 10.2 Å². The van der Waals surface area contributed by atoms with Gasteiger partial charge in [0.1, 0.15) is 5.75 Å². The van der Waals surface area contributed by atoms with Crippen LogP contribution < -0.4 is 5.32 Å². The summed E-state index contributed by atoms with van der Waals surface area (Å²) in [4.78, 5) is 2.34. The van der Waals surface area contributed by atoms with Crippen LogP contribution in [0.4, 0.5) is 5.82 Å². The fraction of sp³-hybridized carbons (Fsp3) is 0.444. The molecule has 2 aromatic rings. The molecule has 1 aliphatic heterocycles. The van der Waals surface area contributed by atoms with Gasteiger partial charge in [-0.3, -0.25) is 0 Å². The molecule has 5 heteroatoms. The molecule has 0 amide bonds. The maximum absolute atomic E-state index is 10.1. The van der Waals surface area contributed by atoms with Crippen molar-refractivity contribution < 1.29 is 5.11 Å². The maximum Gasteiger partial charge on any atom is 0.151 e. The molecule has 1 saturated heterocycles. The summed E-state index contributed by atoms with van der Waals surface area (Å²) in [6.07, 6.45) is 2.36. The third-order valence-corrected chi connectivity index (χ3v) is 4.38. The first-order valence-electron chi connectivity index (χ1n) is 8.12. The molecule has 1 aliphatic rings. The quantitative estimate of drug-likeness (QED) is 0.912. The Hall–Kier alpha value is -2.14. The van der Waals surface area contributed by atoms with Crippen molar-refractivity contribution in [1.82, 2.24) is 15.1 Å². The van der Waals surface area contributed by atoms with Crippen LogP contribution >= 0.6 is 0 Å². The summed E-state index contributed by atoms with van der Waals surface area (Å²) < 4.78 is 0. The number of likely N-dealkylation sites (N-methyl/N-ethyl adjacent to an activating group) is 1. The number of nitrogens with one attached hydrogen (secondary N) is 1. The second kappa shape index (κ2) is 6.54. The predicted molar refractivity (Wildman–Crippen MR) is 92.7 cm³/mol. The molecule has 0 saturated carbocycles. The zero-order chi connectivity index (χ0) is 16.4. The third-order valence-electron chi connectivity index (χ3n) is 4.38. The van der Waals surface area contributed by atoms with Gasteiger partial charge in [-0.2, -0.15) is 0 Å². The Bertz CT molecular complexity index is 701. The van der Waals surface area contributed by atoms with Crippen LogP contribution in [0.25, 0.3) is 11.3 Å². The number of anilines is 1. The van der Waals surface area contributed by atoms with Crippen molar-refractivity contribution in [2.24, 2.45) is 0 Å². The molecule has 1 fully saturated rings. The van der Waals surface area contributed by atoms with Crippen LogP contribution in [0.3, 0.4) is 0 Å². The van der Waals surface area contributed by atoms with E-state index in [1.807, 2.05) is 32.0 Å². The van der Waals surface area contributed by atoms with E-state index in [0.717, 1.165) is 42.0 Å². The lowest BCUT2D eigenvalue weighted by Crippen LogP contribution is -2.40. The highest BCUT2D eigenvalue weighted by Gasteiger charge is 2.18. The fourth-order valence-corrected chi connectivity index (χ4v) is 3.10. The number of aryl methyl sites for hydroxylation is 2. The molecule has 23 heavy (non-hydrogen) atoms. The predicted octanol–water partition coefficient (Wildman–Crippen LogP) is 2.97. The molecule has 122 valence electrons. The average molecular weight is 312 g/mol. The third kappa shape index (κ3) is 3.62. The lowest BCUT2D eigenvalue weighted by Gasteiger charge is -2.30. The molecule has 1 aromatic heterocycles. The van der Waals surface area contributed by atoms with E-state index < -0.39 is 0 Å². The van der Waals surface area contributed by atoms with Gasteiger partial charge in [0.25, 0.3) is 0 Å². The standard InChI is InChI=1S/C18H24N4O/c1-12-6-7-15(17(23)9-12)16-10-13(2)18(21-20-16)19-14-5-4-8-22(3)11-14/h6-7,9-10,14,23H,4-5,8,11H2,1-3H3,(H,19,21)/t14-/m1/s1. The summed E-state index contributed by atoms with van der Waals surface area (Å²) >= 11 is 0. The summed E-state index contributed by atoms with van der Waals surface area (Å²) in [5, 5.41) is 22.3. The lowest BCUT2D eigenvalue weighted by molar-refractivity contribution is 0.260. The summed E-state index contributed by atoms with van der Waals surface area (Å²) in [5.41, 5.74) is 3.49. The highest BCUT2D eigenvalue weighted by Crippen LogP contribution is 2.29. The van der Waals surface area contributed by atoms with Gasteiger partial charge in [0.05, 0.1) is 5.69 Å². The van der Waals surface area contributed by atoms with Crippen molar-refractivity contribution >= 4 is 5.82 Å². The summed E-state index contributed by atoms with van der Waals surface area (Å²) in [6, 6.07) is 8.00. The normalized spacial score (nSPS) is 18.8. The van der Waals surface area contributed by atoms with Gasteiger partial charge in [-0.1, -0.05) is 6.07 Å². The molecular weight excluding hydrogens is 288 g/mol. The first-order chi connectivity index (χ1) is 11.0. The first-order valence-corrected chi connectivity index (χ1v) is 8.12. The van der Waals surface area contributed by atoms with Crippen LogP contribution in [-0.2, 0) is 0 Å². The molecule has 2 heterocycles. The van der Waals surface area contributed by atoms with E-state index in [1.54, 1.807) is 6.07 Å². The molecule has 3 rings (SSSR count). The zero-order valence-corrected chi connectivity index (χ0v) is 14.0. The second-order valence-electron chi connectivity index (χ2n) is 6.53. The van der Waals surface area contributed by atoms with Crippen LogP contribution in [0.5, 0.6) is 5.75 Å². The molecule has 0 radical (unpaired) electrons. The van der Waals surface area contributed by atoms with Gasteiger partial charge in [-0.25, -0.2) is 0 Å². The minimum atomic E-state index is 0.244. The molecule has 0 spiro atoms. The van der Waals surface area contributed by atoms with Crippen molar-refractivity contribution in [3.8, 4) is 17.0 Å². The van der Waals surface area contributed by atoms with E-state index in [2.05, 4.69) is 27.5 Å². The Morgan fingerprint density at radius 2 is 2.04 bits per heavy atom. The number of hydrogen-bond donors (Lipinski definition) is 2. The smallest absolute Gasteiger partial charge is 0.151 e. The number of phenolic OH excluding ortho intramolecular Hbond substituents is 1. The largest absolute Gasteiger partial charge is 0.507 e.